The third-order valence-electron chi connectivity index (χ3n) is 3.47. The Morgan fingerprint density at radius 2 is 2.38 bits per heavy atom. The molecule has 21 heavy (non-hydrogen) atoms. The quantitative estimate of drug-likeness (QED) is 0.678. The molecule has 2 heterocycles. The predicted octanol–water partition coefficient (Wildman–Crippen LogP) is 0.725. The van der Waals surface area contributed by atoms with Gasteiger partial charge >= 0.3 is 5.97 Å². The summed E-state index contributed by atoms with van der Waals surface area (Å²) < 4.78 is 5.09. The zero-order chi connectivity index (χ0) is 15.2. The lowest BCUT2D eigenvalue weighted by Crippen LogP contribution is -2.29. The molecule has 0 spiro atoms. The highest BCUT2D eigenvalue weighted by Crippen LogP contribution is 2.20. The molecular weight excluding hydrogens is 276 g/mol. The van der Waals surface area contributed by atoms with Crippen molar-refractivity contribution in [3.63, 3.8) is 0 Å². The van der Waals surface area contributed by atoms with Crippen LogP contribution in [0.4, 0.5) is 0 Å². The van der Waals surface area contributed by atoms with Crippen molar-refractivity contribution >= 4 is 11.9 Å². The molecule has 1 aliphatic heterocycles. The first-order valence-electron chi connectivity index (χ1n) is 7.13. The van der Waals surface area contributed by atoms with Crippen molar-refractivity contribution in [3.05, 3.63) is 11.7 Å². The van der Waals surface area contributed by atoms with E-state index in [9.17, 15) is 9.59 Å². The molecule has 0 aromatic carbocycles. The van der Waals surface area contributed by atoms with Crippen LogP contribution in [0.15, 0.2) is 4.52 Å². The SMILES string of the molecule is CC(CCC(=O)O)CNC(=O)c1noc(C2CCCN2)n1. The number of aromatic nitrogens is 2. The summed E-state index contributed by atoms with van der Waals surface area (Å²) in [6.07, 6.45) is 2.58. The van der Waals surface area contributed by atoms with Crippen LogP contribution in [0.5, 0.6) is 0 Å². The average molecular weight is 296 g/mol. The van der Waals surface area contributed by atoms with Gasteiger partial charge in [0.25, 0.3) is 11.7 Å². The van der Waals surface area contributed by atoms with Gasteiger partial charge in [0.15, 0.2) is 0 Å². The van der Waals surface area contributed by atoms with Gasteiger partial charge in [-0.15, -0.1) is 0 Å². The first-order valence-corrected chi connectivity index (χ1v) is 7.13. The number of carboxylic acids is 1. The minimum absolute atomic E-state index is 0.0177. The van der Waals surface area contributed by atoms with Crippen LogP contribution in [0.25, 0.3) is 0 Å². The highest BCUT2D eigenvalue weighted by molar-refractivity contribution is 5.90. The number of rotatable bonds is 7. The van der Waals surface area contributed by atoms with Crippen molar-refractivity contribution in [3.8, 4) is 0 Å². The number of amides is 1. The van der Waals surface area contributed by atoms with Crippen LogP contribution in [0.2, 0.25) is 0 Å². The van der Waals surface area contributed by atoms with E-state index in [1.807, 2.05) is 6.92 Å². The predicted molar refractivity (Wildman–Crippen MR) is 72.6 cm³/mol. The van der Waals surface area contributed by atoms with E-state index in [2.05, 4.69) is 20.8 Å². The van der Waals surface area contributed by atoms with Crippen molar-refractivity contribution in [2.45, 2.75) is 38.6 Å². The van der Waals surface area contributed by atoms with Crippen LogP contribution in [-0.4, -0.2) is 40.2 Å². The van der Waals surface area contributed by atoms with E-state index in [4.69, 9.17) is 9.63 Å². The third kappa shape index (κ3) is 4.52. The normalized spacial score (nSPS) is 19.4. The molecule has 116 valence electrons. The van der Waals surface area contributed by atoms with E-state index < -0.39 is 11.9 Å². The molecule has 0 bridgehead atoms. The molecule has 0 radical (unpaired) electrons. The lowest BCUT2D eigenvalue weighted by molar-refractivity contribution is -0.137. The van der Waals surface area contributed by atoms with Crippen molar-refractivity contribution in [1.82, 2.24) is 20.8 Å². The first kappa shape index (κ1) is 15.4. The summed E-state index contributed by atoms with van der Waals surface area (Å²) in [6.45, 7) is 3.18. The summed E-state index contributed by atoms with van der Waals surface area (Å²) in [5.41, 5.74) is 0. The van der Waals surface area contributed by atoms with E-state index >= 15 is 0 Å². The van der Waals surface area contributed by atoms with Gasteiger partial charge in [0.05, 0.1) is 6.04 Å². The molecule has 1 aromatic heterocycles. The minimum atomic E-state index is -0.833. The molecule has 1 aliphatic rings. The molecule has 0 saturated carbocycles. The van der Waals surface area contributed by atoms with E-state index in [1.165, 1.54) is 0 Å². The number of hydrogen-bond acceptors (Lipinski definition) is 6. The van der Waals surface area contributed by atoms with Crippen LogP contribution >= 0.6 is 0 Å². The van der Waals surface area contributed by atoms with Gasteiger partial charge in [-0.3, -0.25) is 9.59 Å². The topological polar surface area (TPSA) is 117 Å². The molecule has 0 aliphatic carbocycles. The van der Waals surface area contributed by atoms with Crippen LogP contribution in [0.3, 0.4) is 0 Å². The van der Waals surface area contributed by atoms with Gasteiger partial charge in [0, 0.05) is 13.0 Å². The fourth-order valence-corrected chi connectivity index (χ4v) is 2.18. The zero-order valence-electron chi connectivity index (χ0n) is 12.0. The van der Waals surface area contributed by atoms with E-state index in [0.29, 0.717) is 18.9 Å². The van der Waals surface area contributed by atoms with E-state index in [0.717, 1.165) is 19.4 Å². The number of hydrogen-bond donors (Lipinski definition) is 3. The Hall–Kier alpha value is -1.96. The fraction of sp³-hybridized carbons (Fsp3) is 0.692. The largest absolute Gasteiger partial charge is 0.481 e. The van der Waals surface area contributed by atoms with E-state index in [-0.39, 0.29) is 24.2 Å². The summed E-state index contributed by atoms with van der Waals surface area (Å²) in [4.78, 5) is 26.4. The van der Waals surface area contributed by atoms with E-state index in [1.54, 1.807) is 0 Å². The monoisotopic (exact) mass is 296 g/mol. The molecular formula is C13H20N4O4. The van der Waals surface area contributed by atoms with Crippen LogP contribution in [0, 0.1) is 5.92 Å². The molecule has 8 heteroatoms. The lowest BCUT2D eigenvalue weighted by atomic mass is 10.1. The maximum Gasteiger partial charge on any atom is 0.303 e. The van der Waals surface area contributed by atoms with Crippen molar-refractivity contribution in [2.75, 3.05) is 13.1 Å². The van der Waals surface area contributed by atoms with Gasteiger partial charge < -0.3 is 20.3 Å². The number of carbonyl (C=O) groups excluding carboxylic acids is 1. The fourth-order valence-electron chi connectivity index (χ4n) is 2.18. The maximum absolute atomic E-state index is 11.9. The Bertz CT molecular complexity index is 496. The summed E-state index contributed by atoms with van der Waals surface area (Å²) >= 11 is 0. The highest BCUT2D eigenvalue weighted by atomic mass is 16.5. The van der Waals surface area contributed by atoms with Gasteiger partial charge in [-0.2, -0.15) is 4.98 Å². The second kappa shape index (κ2) is 7.16. The first-order chi connectivity index (χ1) is 10.1. The molecule has 8 nitrogen and oxygen atoms in total. The Kier molecular flexibility index (Phi) is 5.26. The van der Waals surface area contributed by atoms with Gasteiger partial charge in [0.1, 0.15) is 0 Å². The summed E-state index contributed by atoms with van der Waals surface area (Å²) in [5, 5.41) is 18.2. The zero-order valence-corrected chi connectivity index (χ0v) is 12.0. The Balaban J connectivity index is 1.79. The third-order valence-corrected chi connectivity index (χ3v) is 3.47. The Labute approximate surface area is 122 Å². The minimum Gasteiger partial charge on any atom is -0.481 e. The molecule has 1 amide bonds. The highest BCUT2D eigenvalue weighted by Gasteiger charge is 2.24. The van der Waals surface area contributed by atoms with Gasteiger partial charge in [-0.05, 0) is 31.7 Å². The van der Waals surface area contributed by atoms with Crippen LogP contribution < -0.4 is 10.6 Å². The summed E-state index contributed by atoms with van der Waals surface area (Å²) in [5.74, 6) is -0.696. The van der Waals surface area contributed by atoms with Crippen LogP contribution in [0.1, 0.15) is 55.2 Å². The standard InChI is InChI=1S/C13H20N4O4/c1-8(4-5-10(18)19)7-15-12(20)11-16-13(21-17-11)9-3-2-6-14-9/h8-9,14H,2-7H2,1H3,(H,15,20)(H,18,19). The van der Waals surface area contributed by atoms with Crippen molar-refractivity contribution in [1.29, 1.82) is 0 Å². The second-order valence-electron chi connectivity index (χ2n) is 5.35. The smallest absolute Gasteiger partial charge is 0.303 e. The summed E-state index contributed by atoms with van der Waals surface area (Å²) in [6, 6.07) is 0.0357. The number of nitrogens with one attached hydrogen (secondary N) is 2. The van der Waals surface area contributed by atoms with Gasteiger partial charge in [-0.25, -0.2) is 0 Å². The molecule has 2 unspecified atom stereocenters. The molecule has 1 fully saturated rings. The number of nitrogens with zero attached hydrogens (tertiary/aromatic N) is 2. The lowest BCUT2D eigenvalue weighted by Gasteiger charge is -2.09. The number of aliphatic carboxylic acids is 1. The van der Waals surface area contributed by atoms with Gasteiger partial charge in [-0.1, -0.05) is 12.1 Å². The molecule has 2 rings (SSSR count). The van der Waals surface area contributed by atoms with Gasteiger partial charge in [0.2, 0.25) is 5.89 Å². The summed E-state index contributed by atoms with van der Waals surface area (Å²) in [7, 11) is 0. The number of carboxylic acid groups (broad SMARTS) is 1. The van der Waals surface area contributed by atoms with Crippen LogP contribution in [-0.2, 0) is 4.79 Å². The van der Waals surface area contributed by atoms with Crippen molar-refractivity contribution in [2.24, 2.45) is 5.92 Å². The molecule has 1 aromatic rings. The molecule has 2 atom stereocenters. The number of carbonyl (C=O) groups is 2. The second-order valence-corrected chi connectivity index (χ2v) is 5.35. The molecule has 3 N–H and O–H groups in total. The maximum atomic E-state index is 11.9. The average Bonchev–Trinajstić information content (AvgIpc) is 3.11. The van der Waals surface area contributed by atoms with Crippen molar-refractivity contribution < 1.29 is 19.2 Å². The Morgan fingerprint density at radius 1 is 1.57 bits per heavy atom. The molecule has 1 saturated heterocycles. The Morgan fingerprint density at radius 3 is 3.05 bits per heavy atom.